The van der Waals surface area contributed by atoms with E-state index in [-0.39, 0.29) is 0 Å². The lowest BCUT2D eigenvalue weighted by Gasteiger charge is -2.11. The Balaban J connectivity index is 1.80. The highest BCUT2D eigenvalue weighted by atomic mass is 32.2. The second-order valence-electron chi connectivity index (χ2n) is 5.86. The van der Waals surface area contributed by atoms with Crippen molar-refractivity contribution in [3.05, 3.63) is 71.4 Å². The molecule has 3 rings (SSSR count). The SMILES string of the molecule is CCc1cc(Oc2ccccc2OC)nc(SCc2cccc(C)c2)n1. The van der Waals surface area contributed by atoms with Crippen LogP contribution in [0.15, 0.2) is 59.8 Å². The van der Waals surface area contributed by atoms with Crippen LogP contribution in [-0.2, 0) is 12.2 Å². The topological polar surface area (TPSA) is 44.2 Å². The third kappa shape index (κ3) is 4.76. The van der Waals surface area contributed by atoms with Gasteiger partial charge in [0.25, 0.3) is 0 Å². The van der Waals surface area contributed by atoms with E-state index < -0.39 is 0 Å². The minimum absolute atomic E-state index is 0.535. The third-order valence-corrected chi connectivity index (χ3v) is 4.75. The lowest BCUT2D eigenvalue weighted by Crippen LogP contribution is -1.98. The van der Waals surface area contributed by atoms with E-state index in [1.54, 1.807) is 18.9 Å². The van der Waals surface area contributed by atoms with Crippen LogP contribution in [0, 0.1) is 6.92 Å². The van der Waals surface area contributed by atoms with Crippen LogP contribution in [0.1, 0.15) is 23.7 Å². The van der Waals surface area contributed by atoms with Crippen LogP contribution in [0.25, 0.3) is 0 Å². The normalized spacial score (nSPS) is 10.6. The van der Waals surface area contributed by atoms with Gasteiger partial charge in [0.1, 0.15) is 0 Å². The number of ether oxygens (including phenoxy) is 2. The van der Waals surface area contributed by atoms with Crippen molar-refractivity contribution in [2.75, 3.05) is 7.11 Å². The van der Waals surface area contributed by atoms with E-state index in [4.69, 9.17) is 9.47 Å². The lowest BCUT2D eigenvalue weighted by molar-refractivity contribution is 0.372. The van der Waals surface area contributed by atoms with Crippen molar-refractivity contribution in [2.45, 2.75) is 31.2 Å². The van der Waals surface area contributed by atoms with Gasteiger partial charge in [-0.1, -0.05) is 60.6 Å². The predicted molar refractivity (Wildman–Crippen MR) is 105 cm³/mol. The van der Waals surface area contributed by atoms with Crippen molar-refractivity contribution < 1.29 is 9.47 Å². The van der Waals surface area contributed by atoms with Gasteiger partial charge in [0.15, 0.2) is 16.7 Å². The summed E-state index contributed by atoms with van der Waals surface area (Å²) in [5.41, 5.74) is 3.47. The summed E-state index contributed by atoms with van der Waals surface area (Å²) in [4.78, 5) is 9.18. The third-order valence-electron chi connectivity index (χ3n) is 3.83. The molecule has 2 aromatic carbocycles. The quantitative estimate of drug-likeness (QED) is 0.411. The molecule has 1 aromatic heterocycles. The van der Waals surface area contributed by atoms with Crippen LogP contribution >= 0.6 is 11.8 Å². The fraction of sp³-hybridized carbons (Fsp3) is 0.238. The largest absolute Gasteiger partial charge is 0.493 e. The van der Waals surface area contributed by atoms with Crippen LogP contribution in [0.2, 0.25) is 0 Å². The molecule has 3 aromatic rings. The maximum atomic E-state index is 5.97. The highest BCUT2D eigenvalue weighted by molar-refractivity contribution is 7.98. The second-order valence-corrected chi connectivity index (χ2v) is 6.81. The molecule has 0 unspecified atom stereocenters. The summed E-state index contributed by atoms with van der Waals surface area (Å²) in [5, 5.41) is 0.718. The average Bonchev–Trinajstić information content (AvgIpc) is 2.66. The van der Waals surface area contributed by atoms with Gasteiger partial charge in [-0.05, 0) is 31.0 Å². The molecular formula is C21H22N2O2S. The number of aromatic nitrogens is 2. The first-order valence-electron chi connectivity index (χ1n) is 8.55. The number of aryl methyl sites for hydroxylation is 2. The molecule has 5 heteroatoms. The van der Waals surface area contributed by atoms with Crippen molar-refractivity contribution in [1.29, 1.82) is 0 Å². The number of hydrogen-bond acceptors (Lipinski definition) is 5. The van der Waals surface area contributed by atoms with Crippen LogP contribution in [0.3, 0.4) is 0 Å². The van der Waals surface area contributed by atoms with Gasteiger partial charge in [0, 0.05) is 17.5 Å². The van der Waals surface area contributed by atoms with Crippen LogP contribution in [-0.4, -0.2) is 17.1 Å². The Bertz CT molecular complexity index is 883. The Labute approximate surface area is 158 Å². The molecule has 0 aliphatic carbocycles. The smallest absolute Gasteiger partial charge is 0.223 e. The number of benzene rings is 2. The zero-order chi connectivity index (χ0) is 18.4. The second kappa shape index (κ2) is 8.72. The number of hydrogen-bond donors (Lipinski definition) is 0. The molecule has 0 aliphatic heterocycles. The van der Waals surface area contributed by atoms with E-state index in [2.05, 4.69) is 48.1 Å². The van der Waals surface area contributed by atoms with E-state index in [0.717, 1.165) is 23.0 Å². The van der Waals surface area contributed by atoms with Crippen LogP contribution in [0.5, 0.6) is 17.4 Å². The predicted octanol–water partition coefficient (Wildman–Crippen LogP) is 5.44. The monoisotopic (exact) mass is 366 g/mol. The van der Waals surface area contributed by atoms with Crippen molar-refractivity contribution in [3.63, 3.8) is 0 Å². The minimum Gasteiger partial charge on any atom is -0.493 e. The first kappa shape index (κ1) is 18.3. The van der Waals surface area contributed by atoms with Gasteiger partial charge in [-0.3, -0.25) is 0 Å². The van der Waals surface area contributed by atoms with Crippen molar-refractivity contribution in [1.82, 2.24) is 9.97 Å². The van der Waals surface area contributed by atoms with Crippen molar-refractivity contribution >= 4 is 11.8 Å². The van der Waals surface area contributed by atoms with E-state index >= 15 is 0 Å². The standard InChI is InChI=1S/C21H22N2O2S/c1-4-17-13-20(25-19-11-6-5-10-18(19)24-3)23-21(22-17)26-14-16-9-7-8-15(2)12-16/h5-13H,4,14H2,1-3H3. The number of rotatable bonds is 7. The Morgan fingerprint density at radius 3 is 2.50 bits per heavy atom. The Hall–Kier alpha value is -2.53. The highest BCUT2D eigenvalue weighted by Crippen LogP contribution is 2.31. The van der Waals surface area contributed by atoms with Crippen molar-refractivity contribution in [3.8, 4) is 17.4 Å². The molecule has 0 saturated heterocycles. The fourth-order valence-corrected chi connectivity index (χ4v) is 3.32. The number of para-hydroxylation sites is 2. The molecule has 26 heavy (non-hydrogen) atoms. The zero-order valence-electron chi connectivity index (χ0n) is 15.2. The molecule has 0 atom stereocenters. The van der Waals surface area contributed by atoms with Gasteiger partial charge < -0.3 is 9.47 Å². The van der Waals surface area contributed by atoms with E-state index in [1.165, 1.54) is 11.1 Å². The molecule has 134 valence electrons. The maximum absolute atomic E-state index is 5.97. The fourth-order valence-electron chi connectivity index (χ4n) is 2.51. The van der Waals surface area contributed by atoms with Crippen LogP contribution < -0.4 is 9.47 Å². The minimum atomic E-state index is 0.535. The molecule has 0 amide bonds. The molecule has 4 nitrogen and oxygen atoms in total. The first-order valence-corrected chi connectivity index (χ1v) is 9.53. The number of nitrogens with zero attached hydrogens (tertiary/aromatic N) is 2. The molecule has 0 spiro atoms. The molecule has 0 N–H and O–H groups in total. The molecule has 1 heterocycles. The van der Waals surface area contributed by atoms with Gasteiger partial charge >= 0.3 is 0 Å². The van der Waals surface area contributed by atoms with Gasteiger partial charge in [-0.25, -0.2) is 4.98 Å². The average molecular weight is 366 g/mol. The van der Waals surface area contributed by atoms with Gasteiger partial charge in [-0.2, -0.15) is 4.98 Å². The van der Waals surface area contributed by atoms with Gasteiger partial charge in [0.05, 0.1) is 7.11 Å². The molecule has 0 aliphatic rings. The molecule has 0 bridgehead atoms. The van der Waals surface area contributed by atoms with E-state index in [9.17, 15) is 0 Å². The molecule has 0 saturated carbocycles. The van der Waals surface area contributed by atoms with Gasteiger partial charge in [-0.15, -0.1) is 0 Å². The Kier molecular flexibility index (Phi) is 6.12. The molecule has 0 fully saturated rings. The zero-order valence-corrected chi connectivity index (χ0v) is 16.0. The summed E-state index contributed by atoms with van der Waals surface area (Å²) in [6.45, 7) is 4.17. The number of thioether (sulfide) groups is 1. The molecule has 0 radical (unpaired) electrons. The summed E-state index contributed by atoms with van der Waals surface area (Å²) in [6.07, 6.45) is 0.822. The first-order chi connectivity index (χ1) is 12.7. The molecular weight excluding hydrogens is 344 g/mol. The summed E-state index contributed by atoms with van der Waals surface area (Å²) in [5.74, 6) is 2.68. The Morgan fingerprint density at radius 2 is 1.77 bits per heavy atom. The maximum Gasteiger partial charge on any atom is 0.223 e. The Morgan fingerprint density at radius 1 is 0.962 bits per heavy atom. The summed E-state index contributed by atoms with van der Waals surface area (Å²) >= 11 is 1.61. The van der Waals surface area contributed by atoms with Gasteiger partial charge in [0.2, 0.25) is 5.88 Å². The summed E-state index contributed by atoms with van der Waals surface area (Å²) in [7, 11) is 1.63. The van der Waals surface area contributed by atoms with E-state index in [1.807, 2.05) is 30.3 Å². The number of methoxy groups -OCH3 is 1. The summed E-state index contributed by atoms with van der Waals surface area (Å²) < 4.78 is 11.3. The highest BCUT2D eigenvalue weighted by Gasteiger charge is 2.10. The van der Waals surface area contributed by atoms with Crippen molar-refractivity contribution in [2.24, 2.45) is 0 Å². The summed E-state index contributed by atoms with van der Waals surface area (Å²) in [6, 6.07) is 17.9. The van der Waals surface area contributed by atoms with Crippen LogP contribution in [0.4, 0.5) is 0 Å². The lowest BCUT2D eigenvalue weighted by atomic mass is 10.2. The van der Waals surface area contributed by atoms with E-state index in [0.29, 0.717) is 17.4 Å².